The lowest BCUT2D eigenvalue weighted by atomic mass is 9.99. The fraction of sp³-hybridized carbons (Fsp3) is 0.500. The Labute approximate surface area is 110 Å². The van der Waals surface area contributed by atoms with Gasteiger partial charge in [-0.25, -0.2) is 4.39 Å². The van der Waals surface area contributed by atoms with Crippen molar-refractivity contribution in [3.8, 4) is 0 Å². The van der Waals surface area contributed by atoms with E-state index in [-0.39, 0.29) is 11.9 Å². The Kier molecular flexibility index (Phi) is 4.54. The van der Waals surface area contributed by atoms with Gasteiger partial charge in [0.05, 0.1) is 10.7 Å². The number of anilines is 1. The zero-order valence-electron chi connectivity index (χ0n) is 9.46. The highest BCUT2D eigenvalue weighted by molar-refractivity contribution is 7.99. The van der Waals surface area contributed by atoms with Gasteiger partial charge in [-0.2, -0.15) is 11.8 Å². The van der Waals surface area contributed by atoms with E-state index in [0.29, 0.717) is 23.2 Å². The summed E-state index contributed by atoms with van der Waals surface area (Å²) in [4.78, 5) is 0. The Bertz CT molecular complexity index is 383. The molecule has 0 amide bonds. The van der Waals surface area contributed by atoms with Crippen LogP contribution in [0.3, 0.4) is 0 Å². The minimum atomic E-state index is -0.284. The van der Waals surface area contributed by atoms with Crippen LogP contribution in [0.4, 0.5) is 10.1 Å². The molecule has 0 bridgehead atoms. The zero-order chi connectivity index (χ0) is 12.3. The molecular formula is C12H16ClFN2S. The number of rotatable bonds is 4. The predicted octanol–water partition coefficient (Wildman–Crippen LogP) is 2.97. The van der Waals surface area contributed by atoms with Crippen LogP contribution < -0.4 is 11.1 Å². The van der Waals surface area contributed by atoms with Crippen molar-refractivity contribution in [2.75, 3.05) is 23.4 Å². The van der Waals surface area contributed by atoms with Gasteiger partial charge in [-0.3, -0.25) is 0 Å². The number of hydrogen-bond donors (Lipinski definition) is 2. The summed E-state index contributed by atoms with van der Waals surface area (Å²) in [7, 11) is 0. The summed E-state index contributed by atoms with van der Waals surface area (Å²) in [5.41, 5.74) is 6.42. The van der Waals surface area contributed by atoms with Crippen molar-refractivity contribution in [2.45, 2.75) is 12.5 Å². The Morgan fingerprint density at radius 3 is 3.06 bits per heavy atom. The van der Waals surface area contributed by atoms with Gasteiger partial charge in [0.2, 0.25) is 0 Å². The molecule has 94 valence electrons. The summed E-state index contributed by atoms with van der Waals surface area (Å²) in [6, 6.07) is 4.52. The number of nitrogens with one attached hydrogen (secondary N) is 1. The summed E-state index contributed by atoms with van der Waals surface area (Å²) >= 11 is 7.97. The van der Waals surface area contributed by atoms with E-state index in [4.69, 9.17) is 17.3 Å². The van der Waals surface area contributed by atoms with Gasteiger partial charge in [-0.1, -0.05) is 11.6 Å². The summed E-state index contributed by atoms with van der Waals surface area (Å²) in [6.07, 6.45) is 1.16. The van der Waals surface area contributed by atoms with Crippen molar-refractivity contribution in [2.24, 2.45) is 11.7 Å². The average molecular weight is 275 g/mol. The molecule has 2 rings (SSSR count). The molecule has 0 saturated carbocycles. The Morgan fingerprint density at radius 1 is 1.59 bits per heavy atom. The maximum absolute atomic E-state index is 13.1. The molecule has 1 saturated heterocycles. The van der Waals surface area contributed by atoms with Crippen LogP contribution in [-0.2, 0) is 0 Å². The third-order valence-corrected chi connectivity index (χ3v) is 4.58. The van der Waals surface area contributed by atoms with Crippen LogP contribution in [0.15, 0.2) is 18.2 Å². The van der Waals surface area contributed by atoms with Gasteiger partial charge >= 0.3 is 0 Å². The van der Waals surface area contributed by atoms with Crippen LogP contribution in [0.1, 0.15) is 6.42 Å². The second-order valence-electron chi connectivity index (χ2n) is 4.23. The normalized spacial score (nSPS) is 21.5. The number of nitrogens with two attached hydrogens (primary N) is 1. The molecule has 1 aromatic carbocycles. The van der Waals surface area contributed by atoms with Crippen LogP contribution in [0, 0.1) is 11.7 Å². The van der Waals surface area contributed by atoms with E-state index in [2.05, 4.69) is 5.32 Å². The fourth-order valence-electron chi connectivity index (χ4n) is 2.05. The molecule has 1 aromatic rings. The lowest BCUT2D eigenvalue weighted by Crippen LogP contribution is -2.36. The Hall–Kier alpha value is -0.450. The maximum atomic E-state index is 13.1. The quantitative estimate of drug-likeness (QED) is 0.887. The molecule has 1 aliphatic rings. The zero-order valence-corrected chi connectivity index (χ0v) is 11.0. The topological polar surface area (TPSA) is 38.0 Å². The van der Waals surface area contributed by atoms with Gasteiger partial charge < -0.3 is 11.1 Å². The summed E-state index contributed by atoms with van der Waals surface area (Å²) < 4.78 is 13.1. The van der Waals surface area contributed by atoms with Gasteiger partial charge in [-0.15, -0.1) is 0 Å². The lowest BCUT2D eigenvalue weighted by molar-refractivity contribution is 0.499. The van der Waals surface area contributed by atoms with Crippen LogP contribution in [0.5, 0.6) is 0 Å². The number of thioether (sulfide) groups is 1. The second-order valence-corrected chi connectivity index (χ2v) is 5.79. The van der Waals surface area contributed by atoms with E-state index in [1.807, 2.05) is 11.8 Å². The van der Waals surface area contributed by atoms with Gasteiger partial charge in [0.1, 0.15) is 5.82 Å². The molecule has 0 spiro atoms. The third kappa shape index (κ3) is 3.27. The standard InChI is InChI=1S/C12H16ClFN2S/c13-10-2-1-9(14)5-11(10)16-12(6-15)8-3-4-17-7-8/h1-2,5,8,12,16H,3-4,6-7,15H2. The molecule has 5 heteroatoms. The fourth-order valence-corrected chi connectivity index (χ4v) is 3.56. The van der Waals surface area contributed by atoms with Crippen molar-refractivity contribution in [1.82, 2.24) is 0 Å². The van der Waals surface area contributed by atoms with Gasteiger partial charge in [0, 0.05) is 12.6 Å². The van der Waals surface area contributed by atoms with Crippen molar-refractivity contribution < 1.29 is 4.39 Å². The van der Waals surface area contributed by atoms with E-state index in [1.54, 1.807) is 6.07 Å². The van der Waals surface area contributed by atoms with Crippen LogP contribution in [0.25, 0.3) is 0 Å². The SMILES string of the molecule is NCC(Nc1cc(F)ccc1Cl)C1CCSC1. The highest BCUT2D eigenvalue weighted by Gasteiger charge is 2.24. The number of hydrogen-bond acceptors (Lipinski definition) is 3. The molecule has 0 aliphatic carbocycles. The predicted molar refractivity (Wildman–Crippen MR) is 73.3 cm³/mol. The highest BCUT2D eigenvalue weighted by atomic mass is 35.5. The molecule has 3 N–H and O–H groups in total. The smallest absolute Gasteiger partial charge is 0.125 e. The van der Waals surface area contributed by atoms with E-state index in [1.165, 1.54) is 17.9 Å². The molecule has 0 aromatic heterocycles. The third-order valence-electron chi connectivity index (χ3n) is 3.06. The molecule has 1 aliphatic heterocycles. The number of halogens is 2. The highest BCUT2D eigenvalue weighted by Crippen LogP contribution is 2.30. The molecule has 2 atom stereocenters. The van der Waals surface area contributed by atoms with Gasteiger partial charge in [0.25, 0.3) is 0 Å². The van der Waals surface area contributed by atoms with Crippen molar-refractivity contribution in [1.29, 1.82) is 0 Å². The molecule has 2 nitrogen and oxygen atoms in total. The minimum Gasteiger partial charge on any atom is -0.379 e. The monoisotopic (exact) mass is 274 g/mol. The summed E-state index contributed by atoms with van der Waals surface area (Å²) in [5, 5.41) is 3.81. The summed E-state index contributed by atoms with van der Waals surface area (Å²) in [5.74, 6) is 2.56. The lowest BCUT2D eigenvalue weighted by Gasteiger charge is -2.24. The first-order valence-corrected chi connectivity index (χ1v) is 7.23. The van der Waals surface area contributed by atoms with E-state index >= 15 is 0 Å². The van der Waals surface area contributed by atoms with Crippen molar-refractivity contribution in [3.63, 3.8) is 0 Å². The van der Waals surface area contributed by atoms with Crippen LogP contribution >= 0.6 is 23.4 Å². The van der Waals surface area contributed by atoms with Crippen LogP contribution in [-0.4, -0.2) is 24.1 Å². The van der Waals surface area contributed by atoms with E-state index in [0.717, 1.165) is 12.2 Å². The second kappa shape index (κ2) is 5.94. The van der Waals surface area contributed by atoms with Crippen LogP contribution in [0.2, 0.25) is 5.02 Å². The molecule has 1 fully saturated rings. The largest absolute Gasteiger partial charge is 0.379 e. The first-order chi connectivity index (χ1) is 8.20. The van der Waals surface area contributed by atoms with E-state index < -0.39 is 0 Å². The average Bonchev–Trinajstić information content (AvgIpc) is 2.84. The molecule has 0 radical (unpaired) electrons. The summed E-state index contributed by atoms with van der Waals surface area (Å²) in [6.45, 7) is 0.540. The van der Waals surface area contributed by atoms with Gasteiger partial charge in [0.15, 0.2) is 0 Å². The van der Waals surface area contributed by atoms with Gasteiger partial charge in [-0.05, 0) is 42.0 Å². The Balaban J connectivity index is 2.09. The molecule has 17 heavy (non-hydrogen) atoms. The molecule has 2 unspecified atom stereocenters. The number of benzene rings is 1. The van der Waals surface area contributed by atoms with Crippen molar-refractivity contribution in [3.05, 3.63) is 29.0 Å². The van der Waals surface area contributed by atoms with Crippen molar-refractivity contribution >= 4 is 29.1 Å². The molecule has 1 heterocycles. The maximum Gasteiger partial charge on any atom is 0.125 e. The Morgan fingerprint density at radius 2 is 2.41 bits per heavy atom. The molecular weight excluding hydrogens is 259 g/mol. The first-order valence-electron chi connectivity index (χ1n) is 5.70. The first kappa shape index (κ1) is 13.0. The van der Waals surface area contributed by atoms with E-state index in [9.17, 15) is 4.39 Å². The minimum absolute atomic E-state index is 0.171.